The lowest BCUT2D eigenvalue weighted by molar-refractivity contribution is -0.133. The van der Waals surface area contributed by atoms with E-state index in [1.807, 2.05) is 17.2 Å². The van der Waals surface area contributed by atoms with Crippen molar-refractivity contribution in [1.82, 2.24) is 19.6 Å². The number of amides is 1. The van der Waals surface area contributed by atoms with E-state index in [0.717, 1.165) is 44.7 Å². The molecule has 0 bridgehead atoms. The largest absolute Gasteiger partial charge is 0.335 e. The minimum absolute atomic E-state index is 0.272. The van der Waals surface area contributed by atoms with Gasteiger partial charge in [-0.3, -0.25) is 9.48 Å². The fourth-order valence-electron chi connectivity index (χ4n) is 2.98. The monoisotopic (exact) mass is 292 g/mol. The van der Waals surface area contributed by atoms with E-state index in [0.29, 0.717) is 13.0 Å². The third kappa shape index (κ3) is 3.84. The molecule has 1 aromatic heterocycles. The van der Waals surface area contributed by atoms with Gasteiger partial charge in [0.2, 0.25) is 5.91 Å². The standard InChI is InChI=1S/C16H28N4O/c1-4-7-8-16(21)19-12-14-9-10-17-20(14)15(13-19)11-18(5-2)6-3/h9-10,15H,4-8,11-13H2,1-3H3/t15-/m0/s1. The van der Waals surface area contributed by atoms with Crippen molar-refractivity contribution in [3.63, 3.8) is 0 Å². The van der Waals surface area contributed by atoms with Crippen LogP contribution in [-0.2, 0) is 11.3 Å². The smallest absolute Gasteiger partial charge is 0.222 e. The van der Waals surface area contributed by atoms with Crippen molar-refractivity contribution >= 4 is 5.91 Å². The fraction of sp³-hybridized carbons (Fsp3) is 0.750. The Morgan fingerprint density at radius 3 is 2.81 bits per heavy atom. The zero-order chi connectivity index (χ0) is 15.2. The number of unbranched alkanes of at least 4 members (excludes halogenated alkanes) is 1. The summed E-state index contributed by atoms with van der Waals surface area (Å²) >= 11 is 0. The molecule has 2 heterocycles. The normalized spacial score (nSPS) is 18.1. The van der Waals surface area contributed by atoms with Crippen LogP contribution in [0, 0.1) is 0 Å². The average Bonchev–Trinajstić information content (AvgIpc) is 2.98. The maximum atomic E-state index is 12.3. The van der Waals surface area contributed by atoms with Gasteiger partial charge in [0.25, 0.3) is 0 Å². The van der Waals surface area contributed by atoms with Gasteiger partial charge in [-0.1, -0.05) is 27.2 Å². The highest BCUT2D eigenvalue weighted by atomic mass is 16.2. The molecule has 21 heavy (non-hydrogen) atoms. The molecule has 0 radical (unpaired) electrons. The molecule has 5 heteroatoms. The molecular formula is C16H28N4O. The molecule has 0 saturated heterocycles. The second-order valence-corrected chi connectivity index (χ2v) is 5.78. The third-order valence-electron chi connectivity index (χ3n) is 4.34. The van der Waals surface area contributed by atoms with Crippen LogP contribution in [0.15, 0.2) is 12.3 Å². The predicted molar refractivity (Wildman–Crippen MR) is 84.0 cm³/mol. The molecule has 0 N–H and O–H groups in total. The van der Waals surface area contributed by atoms with E-state index in [1.54, 1.807) is 0 Å². The van der Waals surface area contributed by atoms with E-state index < -0.39 is 0 Å². The molecule has 0 aromatic carbocycles. The van der Waals surface area contributed by atoms with E-state index in [4.69, 9.17) is 0 Å². The van der Waals surface area contributed by atoms with Crippen LogP contribution >= 0.6 is 0 Å². The zero-order valence-corrected chi connectivity index (χ0v) is 13.6. The van der Waals surface area contributed by atoms with Gasteiger partial charge in [-0.15, -0.1) is 0 Å². The van der Waals surface area contributed by atoms with Crippen LogP contribution in [0.5, 0.6) is 0 Å². The molecule has 0 aliphatic carbocycles. The summed E-state index contributed by atoms with van der Waals surface area (Å²) in [5.74, 6) is 0.286. The Labute approximate surface area is 127 Å². The second kappa shape index (κ2) is 7.59. The molecule has 0 fully saturated rings. The summed E-state index contributed by atoms with van der Waals surface area (Å²) in [6.45, 7) is 11.0. The molecule has 0 unspecified atom stereocenters. The Kier molecular flexibility index (Phi) is 5.79. The van der Waals surface area contributed by atoms with Gasteiger partial charge in [0.05, 0.1) is 18.3 Å². The van der Waals surface area contributed by atoms with Crippen LogP contribution in [0.1, 0.15) is 51.8 Å². The molecule has 5 nitrogen and oxygen atoms in total. The van der Waals surface area contributed by atoms with E-state index in [9.17, 15) is 4.79 Å². The Morgan fingerprint density at radius 2 is 2.14 bits per heavy atom. The molecule has 1 aliphatic rings. The zero-order valence-electron chi connectivity index (χ0n) is 13.6. The molecule has 1 amide bonds. The Hall–Kier alpha value is -1.36. The number of carbonyl (C=O) groups excluding carboxylic acids is 1. The van der Waals surface area contributed by atoms with Gasteiger partial charge < -0.3 is 9.80 Å². The molecule has 118 valence electrons. The summed E-state index contributed by atoms with van der Waals surface area (Å²) in [6, 6.07) is 2.31. The van der Waals surface area contributed by atoms with Gasteiger partial charge in [0.15, 0.2) is 0 Å². The number of nitrogens with zero attached hydrogens (tertiary/aromatic N) is 4. The van der Waals surface area contributed by atoms with Crippen molar-refractivity contribution in [2.45, 2.75) is 52.6 Å². The number of aromatic nitrogens is 2. The average molecular weight is 292 g/mol. The Morgan fingerprint density at radius 1 is 1.38 bits per heavy atom. The van der Waals surface area contributed by atoms with E-state index >= 15 is 0 Å². The molecule has 0 saturated carbocycles. The van der Waals surface area contributed by atoms with E-state index in [1.165, 1.54) is 0 Å². The van der Waals surface area contributed by atoms with Crippen LogP contribution in [0.4, 0.5) is 0 Å². The van der Waals surface area contributed by atoms with Gasteiger partial charge in [-0.25, -0.2) is 0 Å². The van der Waals surface area contributed by atoms with E-state index in [2.05, 4.69) is 35.5 Å². The number of carbonyl (C=O) groups is 1. The fourth-order valence-corrected chi connectivity index (χ4v) is 2.98. The highest BCUT2D eigenvalue weighted by Gasteiger charge is 2.28. The molecule has 1 aliphatic heterocycles. The SMILES string of the molecule is CCCCC(=O)N1Cc2ccnn2[C@@H](CN(CC)CC)C1. The lowest BCUT2D eigenvalue weighted by Crippen LogP contribution is -2.45. The molecule has 1 atom stereocenters. The Balaban J connectivity index is 2.08. The predicted octanol–water partition coefficient (Wildman–Crippen LogP) is 2.30. The van der Waals surface area contributed by atoms with Crippen molar-refractivity contribution < 1.29 is 4.79 Å². The van der Waals surface area contributed by atoms with Gasteiger partial charge in [0, 0.05) is 25.7 Å². The lowest BCUT2D eigenvalue weighted by atomic mass is 10.1. The second-order valence-electron chi connectivity index (χ2n) is 5.78. The first-order chi connectivity index (χ1) is 10.2. The summed E-state index contributed by atoms with van der Waals surface area (Å²) < 4.78 is 2.11. The van der Waals surface area contributed by atoms with Gasteiger partial charge in [0.1, 0.15) is 0 Å². The third-order valence-corrected chi connectivity index (χ3v) is 4.34. The minimum atomic E-state index is 0.272. The van der Waals surface area contributed by atoms with Crippen LogP contribution in [-0.4, -0.2) is 51.7 Å². The number of likely N-dealkylation sites (N-methyl/N-ethyl adjacent to an activating group) is 1. The minimum Gasteiger partial charge on any atom is -0.335 e. The van der Waals surface area contributed by atoms with Crippen molar-refractivity contribution in [1.29, 1.82) is 0 Å². The van der Waals surface area contributed by atoms with Gasteiger partial charge in [-0.2, -0.15) is 5.10 Å². The summed E-state index contributed by atoms with van der Waals surface area (Å²) in [5.41, 5.74) is 1.16. The number of fused-ring (bicyclic) bond motifs is 1. The summed E-state index contributed by atoms with van der Waals surface area (Å²) in [6.07, 6.45) is 4.57. The highest BCUT2D eigenvalue weighted by molar-refractivity contribution is 5.76. The number of hydrogen-bond acceptors (Lipinski definition) is 3. The van der Waals surface area contributed by atoms with Gasteiger partial charge in [-0.05, 0) is 25.6 Å². The quantitative estimate of drug-likeness (QED) is 0.774. The Bertz CT molecular complexity index is 453. The first-order valence-electron chi connectivity index (χ1n) is 8.22. The van der Waals surface area contributed by atoms with Crippen molar-refractivity contribution in [3.8, 4) is 0 Å². The first-order valence-corrected chi connectivity index (χ1v) is 8.22. The lowest BCUT2D eigenvalue weighted by Gasteiger charge is -2.36. The van der Waals surface area contributed by atoms with Crippen molar-refractivity contribution in [2.24, 2.45) is 0 Å². The van der Waals surface area contributed by atoms with Crippen molar-refractivity contribution in [3.05, 3.63) is 18.0 Å². The van der Waals surface area contributed by atoms with Crippen molar-refractivity contribution in [2.75, 3.05) is 26.2 Å². The summed E-state index contributed by atoms with van der Waals surface area (Å²) in [5, 5.41) is 4.47. The molecule has 2 rings (SSSR count). The topological polar surface area (TPSA) is 41.4 Å². The number of hydrogen-bond donors (Lipinski definition) is 0. The molecule has 1 aromatic rings. The maximum absolute atomic E-state index is 12.3. The summed E-state index contributed by atoms with van der Waals surface area (Å²) in [7, 11) is 0. The van der Waals surface area contributed by atoms with Crippen LogP contribution in [0.25, 0.3) is 0 Å². The van der Waals surface area contributed by atoms with E-state index in [-0.39, 0.29) is 11.9 Å². The van der Waals surface area contributed by atoms with Crippen LogP contribution in [0.2, 0.25) is 0 Å². The van der Waals surface area contributed by atoms with Gasteiger partial charge >= 0.3 is 0 Å². The highest BCUT2D eigenvalue weighted by Crippen LogP contribution is 2.22. The molecule has 0 spiro atoms. The first kappa shape index (κ1) is 16.0. The van der Waals surface area contributed by atoms with Crippen LogP contribution < -0.4 is 0 Å². The maximum Gasteiger partial charge on any atom is 0.222 e. The molecular weight excluding hydrogens is 264 g/mol. The number of rotatable bonds is 7. The van der Waals surface area contributed by atoms with Crippen LogP contribution in [0.3, 0.4) is 0 Å². The summed E-state index contributed by atoms with van der Waals surface area (Å²) in [4.78, 5) is 16.8.